The summed E-state index contributed by atoms with van der Waals surface area (Å²) >= 11 is 0. The Morgan fingerprint density at radius 1 is 1.29 bits per heavy atom. The predicted octanol–water partition coefficient (Wildman–Crippen LogP) is 3.25. The Bertz CT molecular complexity index is 846. The van der Waals surface area contributed by atoms with Crippen molar-refractivity contribution < 1.29 is 28.6 Å². The lowest BCUT2D eigenvalue weighted by Gasteiger charge is -2.16. The summed E-state index contributed by atoms with van der Waals surface area (Å²) in [6, 6.07) is 9.11. The first kappa shape index (κ1) is 19.8. The molecule has 2 N–H and O–H groups in total. The molecule has 1 amide bonds. The van der Waals surface area contributed by atoms with Crippen LogP contribution >= 0.6 is 0 Å². The maximum Gasteiger partial charge on any atom is 0.330 e. The van der Waals surface area contributed by atoms with Gasteiger partial charge in [0, 0.05) is 12.2 Å². The van der Waals surface area contributed by atoms with Gasteiger partial charge in [-0.2, -0.15) is 0 Å². The van der Waals surface area contributed by atoms with E-state index in [1.54, 1.807) is 24.3 Å². The van der Waals surface area contributed by atoms with Gasteiger partial charge in [-0.15, -0.1) is 0 Å². The number of amides is 1. The van der Waals surface area contributed by atoms with E-state index < -0.39 is 23.7 Å². The first-order chi connectivity index (χ1) is 13.4. The van der Waals surface area contributed by atoms with Crippen molar-refractivity contribution in [1.29, 1.82) is 0 Å². The lowest BCUT2D eigenvalue weighted by molar-refractivity contribution is -0.139. The Kier molecular flexibility index (Phi) is 6.26. The van der Waals surface area contributed by atoms with Gasteiger partial charge in [0.05, 0.1) is 6.10 Å². The summed E-state index contributed by atoms with van der Waals surface area (Å²) < 4.78 is 24.6. The van der Waals surface area contributed by atoms with Crippen molar-refractivity contribution >= 4 is 11.9 Å². The number of nitrogens with one attached hydrogen (secondary N) is 1. The third kappa shape index (κ3) is 4.86. The van der Waals surface area contributed by atoms with Crippen LogP contribution in [0.15, 0.2) is 42.5 Å². The van der Waals surface area contributed by atoms with Crippen molar-refractivity contribution in [2.45, 2.75) is 31.9 Å². The molecule has 0 bridgehead atoms. The monoisotopic (exact) mass is 387 g/mol. The summed E-state index contributed by atoms with van der Waals surface area (Å²) in [5, 5.41) is 11.9. The molecular weight excluding hydrogens is 365 g/mol. The van der Waals surface area contributed by atoms with E-state index in [0.717, 1.165) is 19.4 Å². The standard InChI is InChI=1S/C21H22FNO5/c1-13-11-15(6-9-18(13)22)19(21(25)26)23-20(24)14-4-7-16(8-5-14)28-12-17-3-2-10-27-17/h4-9,11,17,19H,2-3,10,12H2,1H3,(H,23,24)(H,25,26). The highest BCUT2D eigenvalue weighted by atomic mass is 19.1. The van der Waals surface area contributed by atoms with E-state index in [2.05, 4.69) is 5.32 Å². The van der Waals surface area contributed by atoms with Gasteiger partial charge in [-0.1, -0.05) is 12.1 Å². The van der Waals surface area contributed by atoms with Gasteiger partial charge < -0.3 is 19.9 Å². The molecule has 1 saturated heterocycles. The number of aliphatic carboxylic acids is 1. The maximum absolute atomic E-state index is 13.4. The molecule has 7 heteroatoms. The number of carboxylic acid groups (broad SMARTS) is 1. The summed E-state index contributed by atoms with van der Waals surface area (Å²) in [7, 11) is 0. The fourth-order valence-corrected chi connectivity index (χ4v) is 3.02. The number of carbonyl (C=O) groups excluding carboxylic acids is 1. The molecule has 0 aromatic heterocycles. The highest BCUT2D eigenvalue weighted by Gasteiger charge is 2.23. The molecule has 0 aliphatic carbocycles. The van der Waals surface area contributed by atoms with Gasteiger partial charge in [0.25, 0.3) is 5.91 Å². The number of hydrogen-bond acceptors (Lipinski definition) is 4. The number of ether oxygens (including phenoxy) is 2. The summed E-state index contributed by atoms with van der Waals surface area (Å²) in [4.78, 5) is 24.0. The van der Waals surface area contributed by atoms with Crippen molar-refractivity contribution in [3.63, 3.8) is 0 Å². The highest BCUT2D eigenvalue weighted by Crippen LogP contribution is 2.20. The number of carbonyl (C=O) groups is 2. The molecule has 0 spiro atoms. The van der Waals surface area contributed by atoms with E-state index in [9.17, 15) is 19.1 Å². The highest BCUT2D eigenvalue weighted by molar-refractivity contribution is 5.96. The zero-order valence-electron chi connectivity index (χ0n) is 15.5. The molecule has 1 aliphatic rings. The molecule has 3 rings (SSSR count). The molecule has 28 heavy (non-hydrogen) atoms. The van der Waals surface area contributed by atoms with Gasteiger partial charge in [0.1, 0.15) is 18.2 Å². The van der Waals surface area contributed by atoms with Crippen LogP contribution in [-0.2, 0) is 9.53 Å². The molecule has 1 heterocycles. The Morgan fingerprint density at radius 2 is 2.04 bits per heavy atom. The number of hydrogen-bond donors (Lipinski definition) is 2. The molecule has 0 saturated carbocycles. The van der Waals surface area contributed by atoms with Crippen molar-refractivity contribution in [2.24, 2.45) is 0 Å². The van der Waals surface area contributed by atoms with E-state index in [1.165, 1.54) is 25.1 Å². The van der Waals surface area contributed by atoms with Crippen LogP contribution in [0.3, 0.4) is 0 Å². The molecule has 1 fully saturated rings. The predicted molar refractivity (Wildman–Crippen MR) is 99.9 cm³/mol. The van der Waals surface area contributed by atoms with Crippen LogP contribution in [0.4, 0.5) is 4.39 Å². The number of carboxylic acids is 1. The molecule has 1 aliphatic heterocycles. The maximum atomic E-state index is 13.4. The molecule has 2 atom stereocenters. The number of benzene rings is 2. The van der Waals surface area contributed by atoms with Gasteiger partial charge in [0.15, 0.2) is 6.04 Å². The lowest BCUT2D eigenvalue weighted by Crippen LogP contribution is -2.33. The van der Waals surface area contributed by atoms with Gasteiger partial charge >= 0.3 is 5.97 Å². The minimum Gasteiger partial charge on any atom is -0.491 e. The first-order valence-corrected chi connectivity index (χ1v) is 9.08. The molecule has 148 valence electrons. The number of rotatable bonds is 7. The Morgan fingerprint density at radius 3 is 2.64 bits per heavy atom. The van der Waals surface area contributed by atoms with Gasteiger partial charge in [-0.3, -0.25) is 4.79 Å². The second-order valence-electron chi connectivity index (χ2n) is 6.72. The molecule has 2 aromatic rings. The van der Waals surface area contributed by atoms with Crippen LogP contribution in [0.25, 0.3) is 0 Å². The van der Waals surface area contributed by atoms with Crippen molar-refractivity contribution in [1.82, 2.24) is 5.32 Å². The van der Waals surface area contributed by atoms with E-state index >= 15 is 0 Å². The fourth-order valence-electron chi connectivity index (χ4n) is 3.02. The summed E-state index contributed by atoms with van der Waals surface area (Å²) in [5.41, 5.74) is 0.913. The zero-order valence-corrected chi connectivity index (χ0v) is 15.5. The second-order valence-corrected chi connectivity index (χ2v) is 6.72. The average molecular weight is 387 g/mol. The topological polar surface area (TPSA) is 84.9 Å². The van der Waals surface area contributed by atoms with Crippen LogP contribution in [0.5, 0.6) is 5.75 Å². The van der Waals surface area contributed by atoms with E-state index in [0.29, 0.717) is 29.0 Å². The lowest BCUT2D eigenvalue weighted by atomic mass is 10.0. The van der Waals surface area contributed by atoms with Crippen LogP contribution < -0.4 is 10.1 Å². The quantitative estimate of drug-likeness (QED) is 0.762. The zero-order chi connectivity index (χ0) is 20.1. The van der Waals surface area contributed by atoms with Gasteiger partial charge in [0.2, 0.25) is 0 Å². The smallest absolute Gasteiger partial charge is 0.330 e. The van der Waals surface area contributed by atoms with E-state index in [-0.39, 0.29) is 6.10 Å². The summed E-state index contributed by atoms with van der Waals surface area (Å²) in [5.74, 6) is -1.59. The van der Waals surface area contributed by atoms with Crippen LogP contribution in [-0.4, -0.2) is 36.3 Å². The van der Waals surface area contributed by atoms with Crippen molar-refractivity contribution in [3.05, 3.63) is 65.0 Å². The molecule has 2 unspecified atom stereocenters. The van der Waals surface area contributed by atoms with Crippen molar-refractivity contribution in [3.8, 4) is 5.75 Å². The number of halogens is 1. The van der Waals surface area contributed by atoms with E-state index in [1.807, 2.05) is 0 Å². The minimum absolute atomic E-state index is 0.0958. The second kappa shape index (κ2) is 8.84. The minimum atomic E-state index is -1.28. The van der Waals surface area contributed by atoms with Crippen LogP contribution in [0.2, 0.25) is 0 Å². The Hall–Kier alpha value is -2.93. The molecule has 2 aromatic carbocycles. The third-order valence-electron chi connectivity index (χ3n) is 4.61. The normalized spacial score (nSPS) is 17.1. The summed E-state index contributed by atoms with van der Waals surface area (Å²) in [6.07, 6.45) is 2.10. The van der Waals surface area contributed by atoms with Crippen LogP contribution in [0.1, 0.15) is 40.4 Å². The van der Waals surface area contributed by atoms with Crippen molar-refractivity contribution in [2.75, 3.05) is 13.2 Å². The average Bonchev–Trinajstić information content (AvgIpc) is 3.20. The molecule has 6 nitrogen and oxygen atoms in total. The number of aryl methyl sites for hydroxylation is 1. The largest absolute Gasteiger partial charge is 0.491 e. The van der Waals surface area contributed by atoms with Crippen LogP contribution in [0, 0.1) is 12.7 Å². The first-order valence-electron chi connectivity index (χ1n) is 9.08. The summed E-state index contributed by atoms with van der Waals surface area (Å²) in [6.45, 7) is 2.75. The molecular formula is C21H22FNO5. The third-order valence-corrected chi connectivity index (χ3v) is 4.61. The fraction of sp³-hybridized carbons (Fsp3) is 0.333. The van der Waals surface area contributed by atoms with Gasteiger partial charge in [-0.05, 0) is 61.2 Å². The van der Waals surface area contributed by atoms with Gasteiger partial charge in [-0.25, -0.2) is 9.18 Å². The Labute approximate surface area is 162 Å². The Balaban J connectivity index is 1.64. The SMILES string of the molecule is Cc1cc(C(NC(=O)c2ccc(OCC3CCCO3)cc2)C(=O)O)ccc1F. The van der Waals surface area contributed by atoms with E-state index in [4.69, 9.17) is 9.47 Å². The molecule has 0 radical (unpaired) electrons.